The molecular weight excluding hydrogens is 433 g/mol. The Bertz CT molecular complexity index is 1040. The minimum atomic E-state index is -4.43. The first kappa shape index (κ1) is 23.2. The van der Waals surface area contributed by atoms with Gasteiger partial charge in [0.15, 0.2) is 0 Å². The summed E-state index contributed by atoms with van der Waals surface area (Å²) < 4.78 is 65.8. The quantitative estimate of drug-likeness (QED) is 0.667. The molecule has 10 heteroatoms. The van der Waals surface area contributed by atoms with Crippen LogP contribution in [0.25, 0.3) is 11.1 Å². The van der Waals surface area contributed by atoms with Crippen molar-refractivity contribution in [2.45, 2.75) is 37.4 Å². The molecule has 1 heterocycles. The van der Waals surface area contributed by atoms with Gasteiger partial charge in [0, 0.05) is 6.54 Å². The van der Waals surface area contributed by atoms with Crippen LogP contribution in [-0.2, 0) is 21.0 Å². The van der Waals surface area contributed by atoms with Gasteiger partial charge in [0.25, 0.3) is 5.91 Å². The summed E-state index contributed by atoms with van der Waals surface area (Å²) in [4.78, 5) is 12.2. The van der Waals surface area contributed by atoms with Crippen molar-refractivity contribution in [2.75, 3.05) is 13.1 Å². The van der Waals surface area contributed by atoms with E-state index in [0.29, 0.717) is 16.2 Å². The lowest BCUT2D eigenvalue weighted by atomic mass is 10.0. The zero-order chi connectivity index (χ0) is 23.0. The van der Waals surface area contributed by atoms with Crippen LogP contribution in [0.5, 0.6) is 0 Å². The van der Waals surface area contributed by atoms with Crippen LogP contribution in [0.3, 0.4) is 0 Å². The zero-order valence-electron chi connectivity index (χ0n) is 17.0. The normalized spacial score (nSPS) is 17.7. The molecule has 1 saturated heterocycles. The van der Waals surface area contributed by atoms with Crippen LogP contribution < -0.4 is 0 Å². The first-order valence-corrected chi connectivity index (χ1v) is 11.1. The number of alkyl halides is 3. The number of hydrogen-bond acceptors (Lipinski definition) is 4. The summed E-state index contributed by atoms with van der Waals surface area (Å²) in [6.45, 7) is 3.81. The van der Waals surface area contributed by atoms with Gasteiger partial charge in [-0.25, -0.2) is 13.5 Å². The van der Waals surface area contributed by atoms with Gasteiger partial charge in [-0.05, 0) is 47.7 Å². The average Bonchev–Trinajstić information content (AvgIpc) is 3.04. The Balaban J connectivity index is 1.89. The van der Waals surface area contributed by atoms with Crippen LogP contribution in [0.4, 0.5) is 13.2 Å². The highest BCUT2D eigenvalue weighted by molar-refractivity contribution is 7.89. The highest BCUT2D eigenvalue weighted by Gasteiger charge is 2.42. The Kier molecular flexibility index (Phi) is 6.45. The van der Waals surface area contributed by atoms with Crippen molar-refractivity contribution < 1.29 is 31.6 Å². The predicted octanol–water partition coefficient (Wildman–Crippen LogP) is 4.01. The van der Waals surface area contributed by atoms with E-state index in [4.69, 9.17) is 0 Å². The molecule has 6 nitrogen and oxygen atoms in total. The third-order valence-electron chi connectivity index (χ3n) is 5.05. The van der Waals surface area contributed by atoms with E-state index in [1.165, 1.54) is 36.4 Å². The van der Waals surface area contributed by atoms with E-state index >= 15 is 0 Å². The number of sulfonamides is 1. The van der Waals surface area contributed by atoms with Gasteiger partial charge in [-0.3, -0.25) is 10.0 Å². The SMILES string of the molecule is CC(C)CN(C1CCN(O)C1=O)S(=O)(=O)c1ccc(-c2ccc(C(F)(F)F)cc2)cc1. The molecule has 0 saturated carbocycles. The fourth-order valence-electron chi connectivity index (χ4n) is 3.48. The third kappa shape index (κ3) is 4.91. The van der Waals surface area contributed by atoms with Gasteiger partial charge in [0.2, 0.25) is 10.0 Å². The second-order valence-corrected chi connectivity index (χ2v) is 9.72. The maximum Gasteiger partial charge on any atom is 0.416 e. The van der Waals surface area contributed by atoms with Gasteiger partial charge < -0.3 is 0 Å². The number of carbonyl (C=O) groups excluding carboxylic acids is 1. The topological polar surface area (TPSA) is 77.9 Å². The van der Waals surface area contributed by atoms with Crippen molar-refractivity contribution in [3.8, 4) is 11.1 Å². The number of hydrogen-bond donors (Lipinski definition) is 1. The molecule has 1 amide bonds. The molecule has 2 aromatic rings. The molecule has 2 aromatic carbocycles. The molecule has 168 valence electrons. The molecule has 1 fully saturated rings. The summed E-state index contributed by atoms with van der Waals surface area (Å²) in [7, 11) is -4.03. The average molecular weight is 456 g/mol. The van der Waals surface area contributed by atoms with Gasteiger partial charge >= 0.3 is 6.18 Å². The largest absolute Gasteiger partial charge is 0.416 e. The second-order valence-electron chi connectivity index (χ2n) is 7.83. The summed E-state index contributed by atoms with van der Waals surface area (Å²) in [5.74, 6) is -0.715. The Morgan fingerprint density at radius 2 is 1.58 bits per heavy atom. The fraction of sp³-hybridized carbons (Fsp3) is 0.381. The minimum absolute atomic E-state index is 0.0343. The van der Waals surface area contributed by atoms with Gasteiger partial charge in [-0.1, -0.05) is 38.1 Å². The Morgan fingerprint density at radius 1 is 1.06 bits per heavy atom. The monoisotopic (exact) mass is 456 g/mol. The van der Waals surface area contributed by atoms with Crippen LogP contribution in [0.2, 0.25) is 0 Å². The van der Waals surface area contributed by atoms with E-state index in [1.807, 2.05) is 13.8 Å². The highest BCUT2D eigenvalue weighted by atomic mass is 32.2. The van der Waals surface area contributed by atoms with Crippen LogP contribution in [0.1, 0.15) is 25.8 Å². The van der Waals surface area contributed by atoms with Crippen molar-refractivity contribution in [3.05, 3.63) is 54.1 Å². The van der Waals surface area contributed by atoms with Gasteiger partial charge in [0.1, 0.15) is 6.04 Å². The predicted molar refractivity (Wildman–Crippen MR) is 108 cm³/mol. The number of benzene rings is 2. The summed E-state index contributed by atoms with van der Waals surface area (Å²) in [5, 5.41) is 10.1. The molecule has 31 heavy (non-hydrogen) atoms. The first-order valence-electron chi connectivity index (χ1n) is 9.71. The molecule has 0 bridgehead atoms. The molecule has 0 aromatic heterocycles. The van der Waals surface area contributed by atoms with Crippen molar-refractivity contribution in [1.29, 1.82) is 0 Å². The van der Waals surface area contributed by atoms with E-state index in [0.717, 1.165) is 16.4 Å². The van der Waals surface area contributed by atoms with Crippen LogP contribution in [0.15, 0.2) is 53.4 Å². The highest BCUT2D eigenvalue weighted by Crippen LogP contribution is 2.32. The fourth-order valence-corrected chi connectivity index (χ4v) is 5.25. The van der Waals surface area contributed by atoms with E-state index in [1.54, 1.807) is 0 Å². The Morgan fingerprint density at radius 3 is 2.00 bits per heavy atom. The Labute approximate surface area is 178 Å². The molecule has 0 spiro atoms. The van der Waals surface area contributed by atoms with Crippen LogP contribution in [0, 0.1) is 5.92 Å². The third-order valence-corrected chi connectivity index (χ3v) is 6.94. The van der Waals surface area contributed by atoms with Crippen LogP contribution in [-0.4, -0.2) is 48.0 Å². The van der Waals surface area contributed by atoms with Crippen molar-refractivity contribution >= 4 is 15.9 Å². The lowest BCUT2D eigenvalue weighted by Gasteiger charge is -2.28. The number of halogens is 3. The minimum Gasteiger partial charge on any atom is -0.286 e. The number of hydroxylamine groups is 2. The van der Waals surface area contributed by atoms with E-state index in [2.05, 4.69) is 0 Å². The second kappa shape index (κ2) is 8.60. The lowest BCUT2D eigenvalue weighted by Crippen LogP contribution is -2.46. The zero-order valence-corrected chi connectivity index (χ0v) is 17.8. The van der Waals surface area contributed by atoms with Gasteiger partial charge in [-0.15, -0.1) is 0 Å². The van der Waals surface area contributed by atoms with E-state index in [-0.39, 0.29) is 30.3 Å². The molecule has 0 aliphatic carbocycles. The van der Waals surface area contributed by atoms with Crippen molar-refractivity contribution in [1.82, 2.24) is 9.37 Å². The molecule has 1 unspecified atom stereocenters. The molecule has 1 atom stereocenters. The summed E-state index contributed by atoms with van der Waals surface area (Å²) in [6, 6.07) is 9.36. The van der Waals surface area contributed by atoms with Crippen molar-refractivity contribution in [3.63, 3.8) is 0 Å². The smallest absolute Gasteiger partial charge is 0.286 e. The number of amides is 1. The molecule has 1 aliphatic heterocycles. The van der Waals surface area contributed by atoms with Gasteiger partial charge in [-0.2, -0.15) is 17.5 Å². The lowest BCUT2D eigenvalue weighted by molar-refractivity contribution is -0.159. The number of carbonyl (C=O) groups is 1. The number of nitrogens with zero attached hydrogens (tertiary/aromatic N) is 2. The number of rotatable bonds is 6. The molecule has 1 N–H and O–H groups in total. The first-order chi connectivity index (χ1) is 14.4. The molecular formula is C21H23F3N2O4S. The maximum atomic E-state index is 13.3. The molecule has 3 rings (SSSR count). The van der Waals surface area contributed by atoms with Crippen molar-refractivity contribution in [2.24, 2.45) is 5.92 Å². The standard InChI is InChI=1S/C21H23F3N2O4S/c1-14(2)13-26(19-11-12-25(28)20(19)27)31(29,30)18-9-5-16(6-10-18)15-3-7-17(8-4-15)21(22,23)24/h3-10,14,19,28H,11-13H2,1-2H3. The maximum absolute atomic E-state index is 13.3. The Hall–Kier alpha value is -2.43. The van der Waals surface area contributed by atoms with E-state index in [9.17, 15) is 31.6 Å². The van der Waals surface area contributed by atoms with Gasteiger partial charge in [0.05, 0.1) is 17.0 Å². The van der Waals surface area contributed by atoms with E-state index < -0.39 is 33.7 Å². The summed E-state index contributed by atoms with van der Waals surface area (Å²) in [6.07, 6.45) is -4.25. The molecule has 1 aliphatic rings. The summed E-state index contributed by atoms with van der Waals surface area (Å²) in [5.41, 5.74) is 0.304. The van der Waals surface area contributed by atoms with Crippen LogP contribution >= 0.6 is 0 Å². The molecule has 0 radical (unpaired) electrons. The summed E-state index contributed by atoms with van der Waals surface area (Å²) >= 11 is 0.